The van der Waals surface area contributed by atoms with Crippen molar-refractivity contribution in [1.82, 2.24) is 5.43 Å². The van der Waals surface area contributed by atoms with Crippen LogP contribution in [0.25, 0.3) is 0 Å². The van der Waals surface area contributed by atoms with E-state index in [4.69, 9.17) is 10.5 Å². The first-order valence-electron chi connectivity index (χ1n) is 6.61. The molecule has 0 aliphatic heterocycles. The lowest BCUT2D eigenvalue weighted by Gasteiger charge is -2.04. The van der Waals surface area contributed by atoms with Gasteiger partial charge in [0, 0.05) is 5.69 Å². The fourth-order valence-corrected chi connectivity index (χ4v) is 1.78. The second kappa shape index (κ2) is 7.09. The third kappa shape index (κ3) is 4.07. The van der Waals surface area contributed by atoms with Crippen LogP contribution in [0.4, 0.5) is 5.69 Å². The zero-order chi connectivity index (χ0) is 15.1. The van der Waals surface area contributed by atoms with Crippen LogP contribution in [0.5, 0.6) is 5.75 Å². The van der Waals surface area contributed by atoms with Crippen molar-refractivity contribution < 1.29 is 9.53 Å². The minimum atomic E-state index is -0.342. The second-order valence-corrected chi connectivity index (χ2v) is 4.29. The third-order valence-corrected chi connectivity index (χ3v) is 2.75. The molecule has 0 saturated heterocycles. The number of rotatable bonds is 5. The molecule has 1 amide bonds. The lowest BCUT2D eigenvalue weighted by atomic mass is 10.2. The third-order valence-electron chi connectivity index (χ3n) is 2.75. The van der Waals surface area contributed by atoms with Crippen LogP contribution in [0.3, 0.4) is 0 Å². The highest BCUT2D eigenvalue weighted by Crippen LogP contribution is 2.12. The fraction of sp³-hybridized carbons (Fsp3) is 0.125. The van der Waals surface area contributed by atoms with Crippen molar-refractivity contribution in [3.63, 3.8) is 0 Å². The van der Waals surface area contributed by atoms with Gasteiger partial charge in [0.1, 0.15) is 5.75 Å². The monoisotopic (exact) mass is 283 g/mol. The summed E-state index contributed by atoms with van der Waals surface area (Å²) in [6.07, 6.45) is 1.56. The van der Waals surface area contributed by atoms with E-state index in [2.05, 4.69) is 10.5 Å². The van der Waals surface area contributed by atoms with Crippen molar-refractivity contribution in [3.8, 4) is 5.75 Å². The average molecular weight is 283 g/mol. The lowest BCUT2D eigenvalue weighted by molar-refractivity contribution is 0.0956. The van der Waals surface area contributed by atoms with E-state index in [9.17, 15) is 4.79 Å². The first kappa shape index (κ1) is 14.6. The smallest absolute Gasteiger partial charge is 0.273 e. The van der Waals surface area contributed by atoms with Crippen LogP contribution in [-0.2, 0) is 0 Å². The van der Waals surface area contributed by atoms with E-state index in [0.717, 1.165) is 11.3 Å². The molecule has 0 aliphatic rings. The molecule has 108 valence electrons. The summed E-state index contributed by atoms with van der Waals surface area (Å²) in [7, 11) is 0. The summed E-state index contributed by atoms with van der Waals surface area (Å²) in [5.41, 5.74) is 9.83. The first-order chi connectivity index (χ1) is 10.2. The molecule has 0 bridgehead atoms. The number of nitrogens with one attached hydrogen (secondary N) is 1. The summed E-state index contributed by atoms with van der Waals surface area (Å²) in [6, 6.07) is 14.3. The van der Waals surface area contributed by atoms with Crippen LogP contribution in [0, 0.1) is 0 Å². The summed E-state index contributed by atoms with van der Waals surface area (Å²) >= 11 is 0. The average Bonchev–Trinajstić information content (AvgIpc) is 2.48. The van der Waals surface area contributed by atoms with Crippen molar-refractivity contribution in [2.45, 2.75) is 6.92 Å². The van der Waals surface area contributed by atoms with Gasteiger partial charge in [-0.1, -0.05) is 24.3 Å². The van der Waals surface area contributed by atoms with Gasteiger partial charge in [0.25, 0.3) is 5.91 Å². The van der Waals surface area contributed by atoms with E-state index in [-0.39, 0.29) is 5.91 Å². The van der Waals surface area contributed by atoms with Gasteiger partial charge < -0.3 is 10.5 Å². The molecule has 0 atom stereocenters. The van der Waals surface area contributed by atoms with Gasteiger partial charge in [-0.05, 0) is 36.8 Å². The van der Waals surface area contributed by atoms with Gasteiger partial charge in [-0.15, -0.1) is 0 Å². The number of nitrogens with zero attached hydrogens (tertiary/aromatic N) is 1. The van der Waals surface area contributed by atoms with E-state index >= 15 is 0 Å². The maximum atomic E-state index is 11.9. The van der Waals surface area contributed by atoms with Crippen molar-refractivity contribution in [2.24, 2.45) is 5.10 Å². The standard InChI is InChI=1S/C16H17N3O2/c1-2-21-13-7-5-6-12(10-13)11-18-19-16(20)14-8-3-4-9-15(14)17/h3-11H,2,17H2,1H3,(H,19,20)/b18-11+. The molecule has 0 saturated carbocycles. The van der Waals surface area contributed by atoms with Gasteiger partial charge in [0.15, 0.2) is 0 Å². The SMILES string of the molecule is CCOc1cccc(/C=N/NC(=O)c2ccccc2N)c1. The Balaban J connectivity index is 2.01. The molecule has 0 unspecified atom stereocenters. The van der Waals surface area contributed by atoms with Crippen molar-refractivity contribution in [3.05, 3.63) is 59.7 Å². The highest BCUT2D eigenvalue weighted by molar-refractivity contribution is 5.99. The molecule has 0 heterocycles. The molecule has 0 spiro atoms. The zero-order valence-electron chi connectivity index (χ0n) is 11.7. The van der Waals surface area contributed by atoms with Crippen molar-refractivity contribution >= 4 is 17.8 Å². The number of carbonyl (C=O) groups is 1. The van der Waals surface area contributed by atoms with Gasteiger partial charge in [0.05, 0.1) is 18.4 Å². The number of hydrogen-bond acceptors (Lipinski definition) is 4. The van der Waals surface area contributed by atoms with E-state index < -0.39 is 0 Å². The molecule has 21 heavy (non-hydrogen) atoms. The molecule has 2 aromatic carbocycles. The number of nitrogens with two attached hydrogens (primary N) is 1. The number of hydrogen-bond donors (Lipinski definition) is 2. The molecule has 0 aliphatic carbocycles. The fourth-order valence-electron chi connectivity index (χ4n) is 1.78. The molecule has 2 rings (SSSR count). The molecule has 3 N–H and O–H groups in total. The van der Waals surface area contributed by atoms with Crippen molar-refractivity contribution in [1.29, 1.82) is 0 Å². The lowest BCUT2D eigenvalue weighted by Crippen LogP contribution is -2.18. The molecule has 2 aromatic rings. The van der Waals surface area contributed by atoms with Gasteiger partial charge in [0.2, 0.25) is 0 Å². The summed E-state index contributed by atoms with van der Waals surface area (Å²) in [6.45, 7) is 2.52. The minimum absolute atomic E-state index is 0.342. The number of nitrogen functional groups attached to an aromatic ring is 1. The van der Waals surface area contributed by atoms with Crippen LogP contribution in [-0.4, -0.2) is 18.7 Å². The Labute approximate surface area is 123 Å². The summed E-state index contributed by atoms with van der Waals surface area (Å²) in [4.78, 5) is 11.9. The Hall–Kier alpha value is -2.82. The number of ether oxygens (including phenoxy) is 1. The number of benzene rings is 2. The number of anilines is 1. The Bertz CT molecular complexity index is 653. The van der Waals surface area contributed by atoms with Crippen molar-refractivity contribution in [2.75, 3.05) is 12.3 Å². The molecule has 5 heteroatoms. The summed E-state index contributed by atoms with van der Waals surface area (Å²) in [5, 5.41) is 3.92. The predicted molar refractivity (Wildman–Crippen MR) is 83.5 cm³/mol. The second-order valence-electron chi connectivity index (χ2n) is 4.29. The topological polar surface area (TPSA) is 76.7 Å². The molecular weight excluding hydrogens is 266 g/mol. The number of para-hydroxylation sites is 1. The maximum Gasteiger partial charge on any atom is 0.273 e. The van der Waals surface area contributed by atoms with Gasteiger partial charge in [-0.2, -0.15) is 5.10 Å². The van der Waals surface area contributed by atoms with Gasteiger partial charge >= 0.3 is 0 Å². The van der Waals surface area contributed by atoms with E-state index in [1.807, 2.05) is 31.2 Å². The first-order valence-corrected chi connectivity index (χ1v) is 6.61. The number of carbonyl (C=O) groups excluding carboxylic acids is 1. The maximum absolute atomic E-state index is 11.9. The van der Waals surface area contributed by atoms with Crippen LogP contribution in [0.15, 0.2) is 53.6 Å². The highest BCUT2D eigenvalue weighted by Gasteiger charge is 2.06. The van der Waals surface area contributed by atoms with Crippen LogP contribution < -0.4 is 15.9 Å². The Morgan fingerprint density at radius 2 is 2.10 bits per heavy atom. The Kier molecular flexibility index (Phi) is 4.93. The molecule has 0 radical (unpaired) electrons. The Morgan fingerprint density at radius 3 is 2.86 bits per heavy atom. The molecule has 0 aromatic heterocycles. The Morgan fingerprint density at radius 1 is 1.29 bits per heavy atom. The quantitative estimate of drug-likeness (QED) is 0.502. The predicted octanol–water partition coefficient (Wildman–Crippen LogP) is 2.43. The highest BCUT2D eigenvalue weighted by atomic mass is 16.5. The molecule has 5 nitrogen and oxygen atoms in total. The molecule has 0 fully saturated rings. The van der Waals surface area contributed by atoms with E-state index in [1.165, 1.54) is 0 Å². The van der Waals surface area contributed by atoms with E-state index in [0.29, 0.717) is 17.9 Å². The van der Waals surface area contributed by atoms with Gasteiger partial charge in [-0.3, -0.25) is 4.79 Å². The molecular formula is C16H17N3O2. The number of hydrazone groups is 1. The summed E-state index contributed by atoms with van der Waals surface area (Å²) < 4.78 is 5.39. The van der Waals surface area contributed by atoms with Crippen LogP contribution >= 0.6 is 0 Å². The van der Waals surface area contributed by atoms with Gasteiger partial charge in [-0.25, -0.2) is 5.43 Å². The van der Waals surface area contributed by atoms with Crippen LogP contribution in [0.1, 0.15) is 22.8 Å². The van der Waals surface area contributed by atoms with Crippen LogP contribution in [0.2, 0.25) is 0 Å². The van der Waals surface area contributed by atoms with E-state index in [1.54, 1.807) is 30.5 Å². The minimum Gasteiger partial charge on any atom is -0.494 e. The zero-order valence-corrected chi connectivity index (χ0v) is 11.7. The normalized spacial score (nSPS) is 10.5. The largest absolute Gasteiger partial charge is 0.494 e. The number of amides is 1. The summed E-state index contributed by atoms with van der Waals surface area (Å²) in [5.74, 6) is 0.422.